The lowest BCUT2D eigenvalue weighted by atomic mass is 10.0. The molecule has 6 atom stereocenters. The van der Waals surface area contributed by atoms with E-state index in [1.54, 1.807) is 30.3 Å². The first kappa shape index (κ1) is 46.7. The second kappa shape index (κ2) is 23.0. The van der Waals surface area contributed by atoms with Crippen LogP contribution in [-0.4, -0.2) is 146 Å². The molecule has 2 fully saturated rings. The van der Waals surface area contributed by atoms with E-state index in [0.717, 1.165) is 0 Å². The van der Waals surface area contributed by atoms with Crippen LogP contribution in [0.5, 0.6) is 0 Å². The third-order valence-electron chi connectivity index (χ3n) is 10.2. The Bertz CT molecular complexity index is 1850. The number of amides is 8. The van der Waals surface area contributed by atoms with Crippen LogP contribution in [0.2, 0.25) is 0 Å². The number of aliphatic carboxylic acids is 1. The van der Waals surface area contributed by atoms with E-state index in [9.17, 15) is 48.3 Å². The van der Waals surface area contributed by atoms with Crippen molar-refractivity contribution in [3.63, 3.8) is 0 Å². The number of thioether (sulfide) groups is 1. The van der Waals surface area contributed by atoms with Gasteiger partial charge in [-0.15, -0.1) is 0 Å². The highest BCUT2D eigenvalue weighted by Crippen LogP contribution is 2.21. The molecule has 2 aliphatic heterocycles. The van der Waals surface area contributed by atoms with Crippen LogP contribution in [0.1, 0.15) is 63.1 Å². The molecule has 8 amide bonds. The highest BCUT2D eigenvalue weighted by Gasteiger charge is 2.40. The van der Waals surface area contributed by atoms with Crippen molar-refractivity contribution in [2.45, 2.75) is 101 Å². The van der Waals surface area contributed by atoms with Crippen molar-refractivity contribution in [3.05, 3.63) is 54.1 Å². The number of aromatic nitrogens is 2. The Hall–Kier alpha value is -5.99. The quantitative estimate of drug-likeness (QED) is 0.0662. The molecule has 21 heteroatoms. The molecule has 1 aromatic heterocycles. The lowest BCUT2D eigenvalue weighted by Gasteiger charge is -2.30. The summed E-state index contributed by atoms with van der Waals surface area (Å²) >= 11 is 1.44. The van der Waals surface area contributed by atoms with Crippen LogP contribution in [0, 0.1) is 0 Å². The molecule has 326 valence electrons. The molecule has 0 aliphatic carbocycles. The molecule has 1 aromatic carbocycles. The Morgan fingerprint density at radius 2 is 1.45 bits per heavy atom. The fourth-order valence-electron chi connectivity index (χ4n) is 7.23. The molecule has 2 aliphatic rings. The molecule has 60 heavy (non-hydrogen) atoms. The van der Waals surface area contributed by atoms with E-state index < -0.39 is 102 Å². The highest BCUT2D eigenvalue weighted by molar-refractivity contribution is 7.98. The van der Waals surface area contributed by atoms with Gasteiger partial charge in [0, 0.05) is 51.2 Å². The van der Waals surface area contributed by atoms with Gasteiger partial charge in [0.05, 0.1) is 12.9 Å². The van der Waals surface area contributed by atoms with Crippen LogP contribution in [0.4, 0.5) is 0 Å². The minimum atomic E-state index is -1.43. The zero-order valence-corrected chi connectivity index (χ0v) is 34.5. The lowest BCUT2D eigenvalue weighted by Crippen LogP contribution is -2.60. The molecule has 3 heterocycles. The first-order valence-corrected chi connectivity index (χ1v) is 21.1. The molecule has 0 spiro atoms. The number of nitrogens with two attached hydrogens (primary N) is 1. The molecular formula is C39H54N10O10S. The van der Waals surface area contributed by atoms with Gasteiger partial charge in [-0.2, -0.15) is 11.8 Å². The van der Waals surface area contributed by atoms with Crippen LogP contribution >= 0.6 is 11.8 Å². The van der Waals surface area contributed by atoms with Crippen molar-refractivity contribution in [2.75, 3.05) is 31.6 Å². The van der Waals surface area contributed by atoms with E-state index in [1.807, 2.05) is 6.26 Å². The number of rotatable bonds is 22. The molecule has 0 bridgehead atoms. The van der Waals surface area contributed by atoms with Crippen molar-refractivity contribution >= 4 is 65.0 Å². The van der Waals surface area contributed by atoms with Crippen LogP contribution in [0.25, 0.3) is 0 Å². The van der Waals surface area contributed by atoms with Gasteiger partial charge in [-0.25, -0.2) is 4.98 Å². The smallest absolute Gasteiger partial charge is 0.303 e. The topological polar surface area (TPSA) is 295 Å². The fourth-order valence-corrected chi connectivity index (χ4v) is 7.70. The first-order chi connectivity index (χ1) is 28.7. The molecular weight excluding hydrogens is 801 g/mol. The van der Waals surface area contributed by atoms with Crippen molar-refractivity contribution in [1.29, 1.82) is 0 Å². The van der Waals surface area contributed by atoms with Crippen LogP contribution < -0.4 is 32.3 Å². The van der Waals surface area contributed by atoms with Crippen molar-refractivity contribution < 1.29 is 48.3 Å². The number of nitrogens with zero attached hydrogens (tertiary/aromatic N) is 3. The SMILES string of the molecule is CSCC[C@H](NC(C)=O)C(=O)N[C@@H](CCC(=O)O)C(=O)N[C@@H](Cc1cnc[nH]1)C(=O)N[C@@H](Cc1ccccc1)C(=O)N1CCC[C@H]1C(=O)NCC(=O)N1CCC[C@H]1C(N)=O. The van der Waals surface area contributed by atoms with E-state index >= 15 is 0 Å². The van der Waals surface area contributed by atoms with Crippen LogP contribution in [-0.2, 0) is 56.0 Å². The van der Waals surface area contributed by atoms with Gasteiger partial charge in [0.2, 0.25) is 47.3 Å². The summed E-state index contributed by atoms with van der Waals surface area (Å²) in [5.74, 6) is -5.89. The number of likely N-dealkylation sites (tertiary alicyclic amines) is 2. The molecule has 2 aromatic rings. The summed E-state index contributed by atoms with van der Waals surface area (Å²) in [5.41, 5.74) is 6.56. The van der Waals surface area contributed by atoms with Gasteiger partial charge < -0.3 is 52.2 Å². The Balaban J connectivity index is 1.54. The zero-order chi connectivity index (χ0) is 43.8. The number of H-pyrrole nitrogens is 1. The van der Waals surface area contributed by atoms with Gasteiger partial charge in [-0.1, -0.05) is 30.3 Å². The predicted molar refractivity (Wildman–Crippen MR) is 217 cm³/mol. The predicted octanol–water partition coefficient (Wildman–Crippen LogP) is -1.64. The fraction of sp³-hybridized carbons (Fsp3) is 0.538. The van der Waals surface area contributed by atoms with Crippen LogP contribution in [0.3, 0.4) is 0 Å². The van der Waals surface area contributed by atoms with Gasteiger partial charge in [-0.3, -0.25) is 43.2 Å². The summed E-state index contributed by atoms with van der Waals surface area (Å²) in [7, 11) is 0. The number of hydrogen-bond donors (Lipinski definition) is 8. The summed E-state index contributed by atoms with van der Waals surface area (Å²) in [6.45, 7) is 1.34. The van der Waals surface area contributed by atoms with Gasteiger partial charge in [0.25, 0.3) is 0 Å². The molecule has 4 rings (SSSR count). The normalized spacial score (nSPS) is 18.0. The summed E-state index contributed by atoms with van der Waals surface area (Å²) < 4.78 is 0. The molecule has 0 radical (unpaired) electrons. The minimum Gasteiger partial charge on any atom is -0.481 e. The monoisotopic (exact) mass is 854 g/mol. The maximum Gasteiger partial charge on any atom is 0.303 e. The van der Waals surface area contributed by atoms with Crippen molar-refractivity contribution in [1.82, 2.24) is 46.4 Å². The van der Waals surface area contributed by atoms with Gasteiger partial charge in [0.1, 0.15) is 36.3 Å². The van der Waals surface area contributed by atoms with Crippen LogP contribution in [0.15, 0.2) is 42.9 Å². The molecule has 20 nitrogen and oxygen atoms in total. The van der Waals surface area contributed by atoms with E-state index in [0.29, 0.717) is 42.8 Å². The summed E-state index contributed by atoms with van der Waals surface area (Å²) in [6.07, 6.45) is 5.62. The molecule has 2 saturated heterocycles. The van der Waals surface area contributed by atoms with E-state index in [4.69, 9.17) is 5.73 Å². The Labute approximate surface area is 351 Å². The first-order valence-electron chi connectivity index (χ1n) is 19.8. The van der Waals surface area contributed by atoms with Gasteiger partial charge in [-0.05, 0) is 56.1 Å². The number of carbonyl (C=O) groups excluding carboxylic acids is 8. The Morgan fingerprint density at radius 3 is 2.07 bits per heavy atom. The second-order valence-corrected chi connectivity index (χ2v) is 15.7. The maximum atomic E-state index is 14.4. The second-order valence-electron chi connectivity index (χ2n) is 14.7. The largest absolute Gasteiger partial charge is 0.481 e. The number of carboxylic acid groups (broad SMARTS) is 1. The summed E-state index contributed by atoms with van der Waals surface area (Å²) in [5, 5.41) is 22.5. The van der Waals surface area contributed by atoms with Gasteiger partial charge >= 0.3 is 5.97 Å². The average Bonchev–Trinajstić information content (AvgIpc) is 4.02. The Morgan fingerprint density at radius 1 is 0.833 bits per heavy atom. The number of benzene rings is 1. The zero-order valence-electron chi connectivity index (χ0n) is 33.6. The van der Waals surface area contributed by atoms with E-state index in [-0.39, 0.29) is 38.6 Å². The molecule has 0 saturated carbocycles. The minimum absolute atomic E-state index is 0.000799. The maximum absolute atomic E-state index is 14.4. The van der Waals surface area contributed by atoms with Crippen molar-refractivity contribution in [2.24, 2.45) is 5.73 Å². The standard InChI is InChI=1S/C39H54N10O10S/c1-23(50)44-27(14-17-60-2)36(56)45-26(12-13-33(52)53)35(55)46-28(19-25-20-41-22-43-25)37(57)47-29(18-24-8-4-3-5-9-24)39(59)49-16-7-11-31(49)38(58)42-21-32(51)48-15-6-10-30(48)34(40)54/h3-5,8-9,20,22,26-31H,6-7,10-19,21H2,1-2H3,(H2,40,54)(H,41,43)(H,42,58)(H,44,50)(H,45,56)(H,46,55)(H,47,57)(H,52,53)/t26-,27-,28-,29-,30-,31-/m0/s1. The van der Waals surface area contributed by atoms with E-state index in [2.05, 4.69) is 36.6 Å². The number of nitrogens with one attached hydrogen (secondary N) is 6. The highest BCUT2D eigenvalue weighted by atomic mass is 32.2. The van der Waals surface area contributed by atoms with Gasteiger partial charge in [0.15, 0.2) is 0 Å². The number of aromatic amines is 1. The number of carbonyl (C=O) groups is 9. The number of primary amides is 1. The number of imidazole rings is 1. The van der Waals surface area contributed by atoms with E-state index in [1.165, 1.54) is 41.0 Å². The summed E-state index contributed by atoms with van der Waals surface area (Å²) in [6, 6.07) is 2.03. The molecule has 9 N–H and O–H groups in total. The van der Waals surface area contributed by atoms with Crippen molar-refractivity contribution in [3.8, 4) is 0 Å². The average molecular weight is 855 g/mol. The summed E-state index contributed by atoms with van der Waals surface area (Å²) in [4.78, 5) is 127. The number of carboxylic acids is 1. The molecule has 0 unspecified atom stereocenters. The Kier molecular flexibility index (Phi) is 17.9. The third-order valence-corrected chi connectivity index (χ3v) is 10.9. The third kappa shape index (κ3) is 13.8. The lowest BCUT2D eigenvalue weighted by molar-refractivity contribution is -0.142. The number of hydrogen-bond acceptors (Lipinski definition) is 11.